The van der Waals surface area contributed by atoms with Crippen LogP contribution in [0, 0.1) is 0 Å². The number of anilines is 2. The molecule has 4 nitrogen and oxygen atoms in total. The van der Waals surface area contributed by atoms with E-state index in [4.69, 9.17) is 5.73 Å². The molecule has 1 aliphatic heterocycles. The number of hydrogen-bond acceptors (Lipinski definition) is 4. The highest BCUT2D eigenvalue weighted by Gasteiger charge is 2.26. The predicted molar refractivity (Wildman–Crippen MR) is 73.7 cm³/mol. The molecule has 1 amide bonds. The molecular weight excluding hydrogens is 246 g/mol. The molecule has 0 unspecified atom stereocenters. The van der Waals surface area contributed by atoms with Gasteiger partial charge in [0.25, 0.3) is 0 Å². The molecule has 0 radical (unpaired) electrons. The molecular formula is C13H13N3OS. The van der Waals surface area contributed by atoms with Crippen LogP contribution in [0.1, 0.15) is 12.5 Å². The first-order valence-corrected chi connectivity index (χ1v) is 6.71. The van der Waals surface area contributed by atoms with Crippen LogP contribution in [0.4, 0.5) is 10.8 Å². The molecule has 0 spiro atoms. The Hall–Kier alpha value is -1.88. The highest BCUT2D eigenvalue weighted by molar-refractivity contribution is 7.13. The predicted octanol–water partition coefficient (Wildman–Crippen LogP) is 2.30. The summed E-state index contributed by atoms with van der Waals surface area (Å²) in [5.41, 5.74) is 9.64. The van der Waals surface area contributed by atoms with E-state index in [1.165, 1.54) is 11.3 Å². The Morgan fingerprint density at radius 2 is 2.33 bits per heavy atom. The van der Waals surface area contributed by atoms with Crippen LogP contribution in [-0.2, 0) is 11.2 Å². The van der Waals surface area contributed by atoms with E-state index in [1.807, 2.05) is 35.4 Å². The Morgan fingerprint density at radius 1 is 1.50 bits per heavy atom. The molecule has 2 aromatic rings. The van der Waals surface area contributed by atoms with Gasteiger partial charge in [-0.2, -0.15) is 0 Å². The van der Waals surface area contributed by atoms with Gasteiger partial charge in [0.2, 0.25) is 5.91 Å². The molecule has 1 aromatic heterocycles. The standard InChI is InChI=1S/C13H13N3OS/c1-2-16-11-4-3-8(5-9(11)6-12(16)17)10-7-18-13(14)15-10/h3-5,7H,2,6H2,1H3,(H2,14,15). The minimum Gasteiger partial charge on any atom is -0.375 e. The summed E-state index contributed by atoms with van der Waals surface area (Å²) in [5.74, 6) is 0.169. The van der Waals surface area contributed by atoms with Crippen LogP contribution in [0.2, 0.25) is 0 Å². The van der Waals surface area contributed by atoms with Crippen LogP contribution >= 0.6 is 11.3 Å². The van der Waals surface area contributed by atoms with Crippen molar-refractivity contribution in [1.82, 2.24) is 4.98 Å². The van der Waals surface area contributed by atoms with Gasteiger partial charge in [0, 0.05) is 23.2 Å². The number of benzene rings is 1. The lowest BCUT2D eigenvalue weighted by Crippen LogP contribution is -2.25. The van der Waals surface area contributed by atoms with E-state index < -0.39 is 0 Å². The van der Waals surface area contributed by atoms with Gasteiger partial charge < -0.3 is 10.6 Å². The van der Waals surface area contributed by atoms with Gasteiger partial charge in [-0.15, -0.1) is 11.3 Å². The maximum Gasteiger partial charge on any atom is 0.231 e. The fraction of sp³-hybridized carbons (Fsp3) is 0.231. The second kappa shape index (κ2) is 4.10. The molecule has 1 aromatic carbocycles. The average Bonchev–Trinajstić information content (AvgIpc) is 2.90. The van der Waals surface area contributed by atoms with Crippen molar-refractivity contribution in [3.8, 4) is 11.3 Å². The van der Waals surface area contributed by atoms with Gasteiger partial charge in [-0.05, 0) is 24.6 Å². The summed E-state index contributed by atoms with van der Waals surface area (Å²) in [7, 11) is 0. The lowest BCUT2D eigenvalue weighted by atomic mass is 10.1. The Morgan fingerprint density at radius 3 is 3.00 bits per heavy atom. The van der Waals surface area contributed by atoms with Gasteiger partial charge in [0.15, 0.2) is 5.13 Å². The summed E-state index contributed by atoms with van der Waals surface area (Å²) in [6.07, 6.45) is 0.483. The lowest BCUT2D eigenvalue weighted by Gasteiger charge is -2.14. The van der Waals surface area contributed by atoms with E-state index >= 15 is 0 Å². The SMILES string of the molecule is CCN1C(=O)Cc2cc(-c3csc(N)n3)ccc21. The van der Waals surface area contributed by atoms with E-state index in [0.717, 1.165) is 29.1 Å². The van der Waals surface area contributed by atoms with Crippen LogP contribution in [0.15, 0.2) is 23.6 Å². The normalized spacial score (nSPS) is 14.1. The monoisotopic (exact) mass is 259 g/mol. The van der Waals surface area contributed by atoms with Crippen molar-refractivity contribution in [2.24, 2.45) is 0 Å². The molecule has 0 saturated heterocycles. The van der Waals surface area contributed by atoms with Gasteiger partial charge in [-0.25, -0.2) is 4.98 Å². The number of nitrogens with two attached hydrogens (primary N) is 1. The Kier molecular flexibility index (Phi) is 2.56. The van der Waals surface area contributed by atoms with Crippen molar-refractivity contribution >= 4 is 28.1 Å². The zero-order chi connectivity index (χ0) is 12.7. The Balaban J connectivity index is 2.03. The molecule has 92 valence electrons. The molecule has 0 bridgehead atoms. The highest BCUT2D eigenvalue weighted by Crippen LogP contribution is 2.33. The topological polar surface area (TPSA) is 59.2 Å². The number of nitrogen functional groups attached to an aromatic ring is 1. The third-order valence-electron chi connectivity index (χ3n) is 3.15. The van der Waals surface area contributed by atoms with E-state index in [0.29, 0.717) is 11.6 Å². The fourth-order valence-corrected chi connectivity index (χ4v) is 2.88. The molecule has 0 fully saturated rings. The number of amides is 1. The first-order valence-electron chi connectivity index (χ1n) is 5.83. The van der Waals surface area contributed by atoms with Gasteiger partial charge >= 0.3 is 0 Å². The highest BCUT2D eigenvalue weighted by atomic mass is 32.1. The maximum absolute atomic E-state index is 11.8. The summed E-state index contributed by atoms with van der Waals surface area (Å²) in [6.45, 7) is 2.71. The van der Waals surface area contributed by atoms with Gasteiger partial charge in [0.05, 0.1) is 12.1 Å². The van der Waals surface area contributed by atoms with Crippen molar-refractivity contribution in [3.05, 3.63) is 29.1 Å². The first-order chi connectivity index (χ1) is 8.69. The quantitative estimate of drug-likeness (QED) is 0.900. The fourth-order valence-electron chi connectivity index (χ4n) is 2.31. The van der Waals surface area contributed by atoms with Gasteiger partial charge in [-0.3, -0.25) is 4.79 Å². The zero-order valence-corrected chi connectivity index (χ0v) is 10.8. The van der Waals surface area contributed by atoms with Crippen LogP contribution in [-0.4, -0.2) is 17.4 Å². The van der Waals surface area contributed by atoms with Crippen molar-refractivity contribution < 1.29 is 4.79 Å². The molecule has 3 rings (SSSR count). The smallest absolute Gasteiger partial charge is 0.231 e. The second-order valence-corrected chi connectivity index (χ2v) is 5.12. The summed E-state index contributed by atoms with van der Waals surface area (Å²) in [4.78, 5) is 17.9. The van der Waals surface area contributed by atoms with Crippen LogP contribution in [0.3, 0.4) is 0 Å². The number of fused-ring (bicyclic) bond motifs is 1. The summed E-state index contributed by atoms with van der Waals surface area (Å²) in [6, 6.07) is 6.03. The minimum absolute atomic E-state index is 0.169. The number of thiazole rings is 1. The third-order valence-corrected chi connectivity index (χ3v) is 3.82. The molecule has 2 N–H and O–H groups in total. The van der Waals surface area contributed by atoms with E-state index in [-0.39, 0.29) is 5.91 Å². The third kappa shape index (κ3) is 1.67. The Labute approximate surface area is 109 Å². The number of likely N-dealkylation sites (N-methyl/N-ethyl adjacent to an activating group) is 1. The van der Waals surface area contributed by atoms with Crippen LogP contribution < -0.4 is 10.6 Å². The lowest BCUT2D eigenvalue weighted by molar-refractivity contribution is -0.117. The minimum atomic E-state index is 0.169. The number of nitrogens with zero attached hydrogens (tertiary/aromatic N) is 2. The van der Waals surface area contributed by atoms with E-state index in [2.05, 4.69) is 4.98 Å². The molecule has 2 heterocycles. The van der Waals surface area contributed by atoms with Crippen molar-refractivity contribution in [2.75, 3.05) is 17.2 Å². The average molecular weight is 259 g/mol. The molecule has 5 heteroatoms. The molecule has 1 aliphatic rings. The number of aromatic nitrogens is 1. The van der Waals surface area contributed by atoms with Crippen LogP contribution in [0.25, 0.3) is 11.3 Å². The molecule has 18 heavy (non-hydrogen) atoms. The summed E-state index contributed by atoms with van der Waals surface area (Å²) < 4.78 is 0. The molecule has 0 saturated carbocycles. The first kappa shape index (κ1) is 11.2. The molecule has 0 atom stereocenters. The van der Waals surface area contributed by atoms with Crippen molar-refractivity contribution in [1.29, 1.82) is 0 Å². The maximum atomic E-state index is 11.8. The number of rotatable bonds is 2. The number of hydrogen-bond donors (Lipinski definition) is 1. The Bertz CT molecular complexity index is 620. The van der Waals surface area contributed by atoms with Crippen molar-refractivity contribution in [2.45, 2.75) is 13.3 Å². The summed E-state index contributed by atoms with van der Waals surface area (Å²) >= 11 is 1.43. The number of carbonyl (C=O) groups excluding carboxylic acids is 1. The largest absolute Gasteiger partial charge is 0.375 e. The van der Waals surface area contributed by atoms with Gasteiger partial charge in [-0.1, -0.05) is 6.07 Å². The van der Waals surface area contributed by atoms with Gasteiger partial charge in [0.1, 0.15) is 0 Å². The van der Waals surface area contributed by atoms with Crippen LogP contribution in [0.5, 0.6) is 0 Å². The van der Waals surface area contributed by atoms with Crippen molar-refractivity contribution in [3.63, 3.8) is 0 Å². The number of carbonyl (C=O) groups is 1. The molecule has 0 aliphatic carbocycles. The second-order valence-electron chi connectivity index (χ2n) is 4.23. The summed E-state index contributed by atoms with van der Waals surface area (Å²) in [5, 5.41) is 2.50. The van der Waals surface area contributed by atoms with E-state index in [9.17, 15) is 4.79 Å². The van der Waals surface area contributed by atoms with E-state index in [1.54, 1.807) is 0 Å². The zero-order valence-electron chi connectivity index (χ0n) is 10.0.